The van der Waals surface area contributed by atoms with Crippen LogP contribution in [0.4, 0.5) is 11.4 Å². The van der Waals surface area contributed by atoms with Crippen molar-refractivity contribution in [3.63, 3.8) is 0 Å². The van der Waals surface area contributed by atoms with Gasteiger partial charge in [0.15, 0.2) is 13.9 Å². The van der Waals surface area contributed by atoms with E-state index in [0.717, 1.165) is 11.1 Å². The Morgan fingerprint density at radius 3 is 2.31 bits per heavy atom. The number of hydrogen-bond acceptors (Lipinski definition) is 7. The van der Waals surface area contributed by atoms with Gasteiger partial charge in [0.2, 0.25) is 5.91 Å². The van der Waals surface area contributed by atoms with Gasteiger partial charge < -0.3 is 34.5 Å². The van der Waals surface area contributed by atoms with Crippen molar-refractivity contribution in [2.75, 3.05) is 30.5 Å². The first-order valence-corrected chi connectivity index (χ1v) is 20.3. The summed E-state index contributed by atoms with van der Waals surface area (Å²) in [5.41, 5.74) is 2.18. The van der Waals surface area contributed by atoms with Crippen molar-refractivity contribution < 1.29 is 33.8 Å². The molecule has 1 spiro atoms. The second-order valence-corrected chi connectivity index (χ2v) is 17.9. The van der Waals surface area contributed by atoms with Gasteiger partial charge in [-0.3, -0.25) is 14.4 Å². The van der Waals surface area contributed by atoms with Crippen molar-refractivity contribution in [2.45, 2.75) is 56.8 Å². The minimum Gasteiger partial charge on any atom is -0.497 e. The lowest BCUT2D eigenvalue weighted by Crippen LogP contribution is -2.46. The summed E-state index contributed by atoms with van der Waals surface area (Å²) < 4.78 is 12.5. The van der Waals surface area contributed by atoms with Crippen LogP contribution in [0.25, 0.3) is 0 Å². The molecule has 4 aromatic carbocycles. The van der Waals surface area contributed by atoms with Gasteiger partial charge in [0.1, 0.15) is 5.75 Å². The van der Waals surface area contributed by atoms with E-state index in [2.05, 4.69) is 5.32 Å². The number of nitrogens with one attached hydrogen (secondary N) is 1. The minimum absolute atomic E-state index is 0.0592. The molecule has 1 saturated heterocycles. The zero-order valence-corrected chi connectivity index (χ0v) is 30.4. The Bertz CT molecular complexity index is 1880. The number of rotatable bonds is 12. The van der Waals surface area contributed by atoms with E-state index in [-0.39, 0.29) is 43.8 Å². The molecule has 0 radical (unpaired) electrons. The zero-order chi connectivity index (χ0) is 36.3. The van der Waals surface area contributed by atoms with E-state index in [0.29, 0.717) is 34.8 Å². The number of fused-ring (bicyclic) bond motifs is 2. The number of nitrogens with zero attached hydrogens (tertiary/aromatic N) is 2. The number of carbonyl (C=O) groups is 3. The molecule has 4 aromatic rings. The summed E-state index contributed by atoms with van der Waals surface area (Å²) in [4.78, 5) is 56.7. The highest BCUT2D eigenvalue weighted by Crippen LogP contribution is 2.60. The molecule has 266 valence electrons. The quantitative estimate of drug-likeness (QED) is 0.161. The van der Waals surface area contributed by atoms with Crippen molar-refractivity contribution in [1.82, 2.24) is 4.90 Å². The summed E-state index contributed by atoms with van der Waals surface area (Å²) in [5, 5.41) is 12.8. The molecule has 4 atom stereocenters. The lowest BCUT2D eigenvalue weighted by atomic mass is 9.82. The van der Waals surface area contributed by atoms with Gasteiger partial charge in [0, 0.05) is 41.4 Å². The first-order valence-electron chi connectivity index (χ1n) is 17.2. The summed E-state index contributed by atoms with van der Waals surface area (Å²) in [6.45, 7) is 6.02. The Morgan fingerprint density at radius 1 is 0.961 bits per heavy atom. The summed E-state index contributed by atoms with van der Waals surface area (Å²) in [6.07, 6.45) is -0.813. The maximum absolute atomic E-state index is 14.9. The zero-order valence-electron chi connectivity index (χ0n) is 29.4. The fourth-order valence-electron chi connectivity index (χ4n) is 7.78. The lowest BCUT2D eigenvalue weighted by molar-refractivity contribution is -0.150. The van der Waals surface area contributed by atoms with Crippen LogP contribution in [0.15, 0.2) is 103 Å². The molecule has 2 aliphatic rings. The van der Waals surface area contributed by atoms with Crippen LogP contribution in [-0.2, 0) is 33.0 Å². The van der Waals surface area contributed by atoms with Gasteiger partial charge in [-0.1, -0.05) is 67.6 Å². The van der Waals surface area contributed by atoms with Gasteiger partial charge in [0.05, 0.1) is 38.5 Å². The average molecular weight is 708 g/mol. The summed E-state index contributed by atoms with van der Waals surface area (Å²) in [5.74, 6) is -0.682. The van der Waals surface area contributed by atoms with E-state index < -0.39 is 31.5 Å². The smallest absolute Gasteiger partial charge is 0.264 e. The third-order valence-electron chi connectivity index (χ3n) is 10.1. The number of hydrogen-bond donors (Lipinski definition) is 3. The number of aliphatic hydroxyl groups is 1. The molecular weight excluding hydrogens is 663 g/mol. The maximum Gasteiger partial charge on any atom is 0.264 e. The topological polar surface area (TPSA) is 129 Å². The van der Waals surface area contributed by atoms with Crippen molar-refractivity contribution in [3.05, 3.63) is 125 Å². The molecular formula is C40H45N3O7Si. The fourth-order valence-corrected chi connectivity index (χ4v) is 10.3. The molecule has 51 heavy (non-hydrogen) atoms. The molecule has 0 unspecified atom stereocenters. The van der Waals surface area contributed by atoms with Crippen molar-refractivity contribution >= 4 is 37.4 Å². The Labute approximate surface area is 299 Å². The predicted molar refractivity (Wildman–Crippen MR) is 198 cm³/mol. The van der Waals surface area contributed by atoms with Crippen molar-refractivity contribution in [3.8, 4) is 5.75 Å². The molecule has 10 nitrogen and oxygen atoms in total. The molecule has 0 aromatic heterocycles. The van der Waals surface area contributed by atoms with Gasteiger partial charge in [0.25, 0.3) is 11.8 Å². The van der Waals surface area contributed by atoms with E-state index in [4.69, 9.17) is 9.47 Å². The van der Waals surface area contributed by atoms with Crippen LogP contribution in [0.3, 0.4) is 0 Å². The molecule has 0 bridgehead atoms. The molecule has 3 N–H and O–H groups in total. The second-order valence-electron chi connectivity index (χ2n) is 13.9. The number of aliphatic hydroxyl groups excluding tert-OH is 1. The third-order valence-corrected chi connectivity index (χ3v) is 12.6. The fraction of sp³-hybridized carbons (Fsp3) is 0.325. The summed E-state index contributed by atoms with van der Waals surface area (Å²) >= 11 is 0. The Kier molecular flexibility index (Phi) is 10.5. The number of carbonyl (C=O) groups excluding carboxylic acids is 3. The van der Waals surface area contributed by atoms with Gasteiger partial charge in [-0.15, -0.1) is 0 Å². The average Bonchev–Trinajstić information content (AvgIpc) is 3.54. The Balaban J connectivity index is 1.32. The monoisotopic (exact) mass is 707 g/mol. The lowest BCUT2D eigenvalue weighted by Gasteiger charge is -2.32. The van der Waals surface area contributed by atoms with Crippen LogP contribution in [0.2, 0.25) is 18.6 Å². The largest absolute Gasteiger partial charge is 0.497 e. The highest BCUT2D eigenvalue weighted by molar-refractivity contribution is 6.71. The Hall–Kier alpha value is -4.81. The van der Waals surface area contributed by atoms with Gasteiger partial charge in [-0.05, 0) is 66.7 Å². The summed E-state index contributed by atoms with van der Waals surface area (Å²) in [7, 11) is -1.48. The van der Waals surface area contributed by atoms with E-state index in [9.17, 15) is 24.3 Å². The molecule has 0 aliphatic carbocycles. The Morgan fingerprint density at radius 2 is 1.65 bits per heavy atom. The van der Waals surface area contributed by atoms with Crippen LogP contribution in [0.1, 0.15) is 40.4 Å². The highest BCUT2D eigenvalue weighted by Gasteiger charge is 2.66. The SMILES string of the molecule is COc1ccc2c(c1)[C@@]1(O[C@H](CC(=O)N(CCO)Cc3ccccc3)[C@@H]([Si](C)(C)O)[C@@H]1C)C(=O)N2Cc1cccc(NC(=O)c2ccccc2)c1. The van der Waals surface area contributed by atoms with Crippen LogP contribution in [0.5, 0.6) is 5.75 Å². The van der Waals surface area contributed by atoms with Gasteiger partial charge >= 0.3 is 0 Å². The minimum atomic E-state index is -3.05. The molecule has 1 fully saturated rings. The normalized spacial score (nSPS) is 21.1. The predicted octanol–water partition coefficient (Wildman–Crippen LogP) is 5.70. The molecule has 2 aliphatic heterocycles. The summed E-state index contributed by atoms with van der Waals surface area (Å²) in [6, 6.07) is 31.4. The van der Waals surface area contributed by atoms with Crippen molar-refractivity contribution in [1.29, 1.82) is 0 Å². The van der Waals surface area contributed by atoms with Crippen LogP contribution in [-0.4, -0.2) is 67.2 Å². The molecule has 6 rings (SSSR count). The van der Waals surface area contributed by atoms with E-state index in [1.165, 1.54) is 0 Å². The van der Waals surface area contributed by atoms with Crippen LogP contribution < -0.4 is 15.0 Å². The highest BCUT2D eigenvalue weighted by atomic mass is 28.4. The van der Waals surface area contributed by atoms with Crippen LogP contribution >= 0.6 is 0 Å². The van der Waals surface area contributed by atoms with Crippen LogP contribution in [0, 0.1) is 5.92 Å². The standard InChI is InChI=1S/C40H45N3O7Si/c1-27-37(51(3,4)48)35(24-36(45)42(20-21-44)25-28-12-7-5-8-13-28)50-40(27)33-23-32(49-2)18-19-34(33)43(39(40)47)26-29-14-11-17-31(22-29)41-38(46)30-15-9-6-10-16-30/h5-19,22-23,27,35,37,44,48H,20-21,24-26H2,1-4H3,(H,41,46)/t27-,35+,37-,40+/m0/s1. The van der Waals surface area contributed by atoms with E-state index in [1.54, 1.807) is 53.3 Å². The number of amides is 3. The number of methoxy groups -OCH3 is 1. The second kappa shape index (κ2) is 14.8. The third kappa shape index (κ3) is 7.20. The molecule has 0 saturated carbocycles. The van der Waals surface area contributed by atoms with E-state index >= 15 is 0 Å². The van der Waals surface area contributed by atoms with Crippen molar-refractivity contribution in [2.24, 2.45) is 5.92 Å². The molecule has 11 heteroatoms. The molecule has 2 heterocycles. The van der Waals surface area contributed by atoms with Gasteiger partial charge in [-0.2, -0.15) is 0 Å². The number of anilines is 2. The van der Waals surface area contributed by atoms with Gasteiger partial charge in [-0.25, -0.2) is 0 Å². The number of ether oxygens (including phenoxy) is 2. The first kappa shape index (κ1) is 36.0. The number of benzene rings is 4. The molecule has 3 amide bonds. The maximum atomic E-state index is 14.9. The first-order chi connectivity index (χ1) is 24.5. The van der Waals surface area contributed by atoms with E-state index in [1.807, 2.05) is 86.7 Å².